The van der Waals surface area contributed by atoms with Crippen LogP contribution in [0.2, 0.25) is 0 Å². The summed E-state index contributed by atoms with van der Waals surface area (Å²) >= 11 is 0. The van der Waals surface area contributed by atoms with Crippen LogP contribution in [0.25, 0.3) is 0 Å². The van der Waals surface area contributed by atoms with Gasteiger partial charge in [-0.1, -0.05) is 13.8 Å². The highest BCUT2D eigenvalue weighted by Crippen LogP contribution is 2.24. The van der Waals surface area contributed by atoms with E-state index < -0.39 is 0 Å². The van der Waals surface area contributed by atoms with Gasteiger partial charge in [-0.2, -0.15) is 0 Å². The third-order valence-corrected chi connectivity index (χ3v) is 3.29. The number of aliphatic hydroxyl groups excluding tert-OH is 1. The highest BCUT2D eigenvalue weighted by molar-refractivity contribution is 5.49. The van der Waals surface area contributed by atoms with Crippen molar-refractivity contribution in [2.45, 2.75) is 52.4 Å². The molecule has 1 aromatic heterocycles. The Hall–Kier alpha value is -1.20. The number of morpholine rings is 1. The maximum atomic E-state index is 9.54. The Bertz CT molecular complexity index is 427. The normalized spacial score (nSPS) is 24.0. The quantitative estimate of drug-likeness (QED) is 0.901. The molecule has 0 radical (unpaired) electrons. The van der Waals surface area contributed by atoms with Gasteiger partial charge < -0.3 is 14.7 Å². The van der Waals surface area contributed by atoms with Gasteiger partial charge in [0.2, 0.25) is 0 Å². The van der Waals surface area contributed by atoms with Crippen molar-refractivity contribution in [3.8, 4) is 0 Å². The Morgan fingerprint density at radius 3 is 2.53 bits per heavy atom. The molecule has 106 valence electrons. The highest BCUT2D eigenvalue weighted by atomic mass is 16.5. The van der Waals surface area contributed by atoms with Crippen LogP contribution >= 0.6 is 0 Å². The molecule has 1 aliphatic heterocycles. The fourth-order valence-electron chi connectivity index (χ4n) is 2.46. The Morgan fingerprint density at radius 1 is 1.37 bits per heavy atom. The van der Waals surface area contributed by atoms with Crippen molar-refractivity contribution in [3.05, 3.63) is 17.7 Å². The zero-order valence-corrected chi connectivity index (χ0v) is 12.1. The molecule has 2 atom stereocenters. The van der Waals surface area contributed by atoms with Gasteiger partial charge >= 0.3 is 0 Å². The van der Waals surface area contributed by atoms with Crippen molar-refractivity contribution in [1.82, 2.24) is 9.97 Å². The standard InChI is InChI=1S/C14H23N3O2/c1-9(2)14-15-5-13(12(8-18)16-14)17-6-10(3)19-11(4)7-17/h5,9-11,18H,6-8H2,1-4H3/t10-,11+. The molecular formula is C14H23N3O2. The third-order valence-electron chi connectivity index (χ3n) is 3.29. The average Bonchev–Trinajstić information content (AvgIpc) is 2.36. The molecule has 1 aliphatic rings. The van der Waals surface area contributed by atoms with E-state index in [1.165, 1.54) is 0 Å². The van der Waals surface area contributed by atoms with E-state index in [0.717, 1.165) is 24.6 Å². The van der Waals surface area contributed by atoms with Crippen molar-refractivity contribution in [2.24, 2.45) is 0 Å². The molecule has 1 N–H and O–H groups in total. The van der Waals surface area contributed by atoms with E-state index in [4.69, 9.17) is 4.74 Å². The molecule has 19 heavy (non-hydrogen) atoms. The second-order valence-corrected chi connectivity index (χ2v) is 5.54. The van der Waals surface area contributed by atoms with Crippen LogP contribution in [-0.4, -0.2) is 40.4 Å². The van der Waals surface area contributed by atoms with Gasteiger partial charge in [-0.25, -0.2) is 9.97 Å². The van der Waals surface area contributed by atoms with Crippen LogP contribution in [0, 0.1) is 0 Å². The molecule has 0 bridgehead atoms. The molecule has 1 aromatic rings. The summed E-state index contributed by atoms with van der Waals surface area (Å²) in [5, 5.41) is 9.54. The molecule has 2 heterocycles. The van der Waals surface area contributed by atoms with Crippen LogP contribution in [0.3, 0.4) is 0 Å². The van der Waals surface area contributed by atoms with E-state index in [9.17, 15) is 5.11 Å². The van der Waals surface area contributed by atoms with E-state index in [0.29, 0.717) is 5.69 Å². The smallest absolute Gasteiger partial charge is 0.131 e. The molecule has 5 heteroatoms. The molecule has 5 nitrogen and oxygen atoms in total. The Balaban J connectivity index is 2.28. The van der Waals surface area contributed by atoms with Crippen LogP contribution in [0.5, 0.6) is 0 Å². The lowest BCUT2D eigenvalue weighted by Crippen LogP contribution is -2.46. The van der Waals surface area contributed by atoms with E-state index in [-0.39, 0.29) is 24.7 Å². The summed E-state index contributed by atoms with van der Waals surface area (Å²) in [6, 6.07) is 0. The zero-order valence-electron chi connectivity index (χ0n) is 12.1. The van der Waals surface area contributed by atoms with Crippen molar-refractivity contribution in [1.29, 1.82) is 0 Å². The van der Waals surface area contributed by atoms with Crippen LogP contribution < -0.4 is 4.90 Å². The first-order valence-electron chi connectivity index (χ1n) is 6.88. The molecule has 0 spiro atoms. The first-order valence-corrected chi connectivity index (χ1v) is 6.88. The van der Waals surface area contributed by atoms with Crippen molar-refractivity contribution < 1.29 is 9.84 Å². The molecule has 0 saturated carbocycles. The van der Waals surface area contributed by atoms with E-state index in [2.05, 4.69) is 42.6 Å². The maximum absolute atomic E-state index is 9.54. The number of hydrogen-bond acceptors (Lipinski definition) is 5. The summed E-state index contributed by atoms with van der Waals surface area (Å²) < 4.78 is 5.73. The lowest BCUT2D eigenvalue weighted by molar-refractivity contribution is -0.00537. The number of aromatic nitrogens is 2. The van der Waals surface area contributed by atoms with Gasteiger partial charge in [-0.15, -0.1) is 0 Å². The highest BCUT2D eigenvalue weighted by Gasteiger charge is 2.24. The molecule has 0 aliphatic carbocycles. The number of nitrogens with zero attached hydrogens (tertiary/aromatic N) is 3. The number of hydrogen-bond donors (Lipinski definition) is 1. The molecule has 0 unspecified atom stereocenters. The van der Waals surface area contributed by atoms with E-state index in [1.807, 2.05) is 6.20 Å². The van der Waals surface area contributed by atoms with Gasteiger partial charge in [0.05, 0.1) is 36.4 Å². The van der Waals surface area contributed by atoms with Gasteiger partial charge in [0, 0.05) is 19.0 Å². The van der Waals surface area contributed by atoms with Gasteiger partial charge in [0.15, 0.2) is 0 Å². The van der Waals surface area contributed by atoms with Gasteiger partial charge in [-0.3, -0.25) is 0 Å². The molecule has 1 fully saturated rings. The number of rotatable bonds is 3. The second kappa shape index (κ2) is 5.84. The predicted molar refractivity (Wildman–Crippen MR) is 74.3 cm³/mol. The largest absolute Gasteiger partial charge is 0.390 e. The Labute approximate surface area is 114 Å². The maximum Gasteiger partial charge on any atom is 0.131 e. The lowest BCUT2D eigenvalue weighted by atomic mass is 10.1. The lowest BCUT2D eigenvalue weighted by Gasteiger charge is -2.37. The summed E-state index contributed by atoms with van der Waals surface area (Å²) in [4.78, 5) is 11.1. The van der Waals surface area contributed by atoms with E-state index >= 15 is 0 Å². The zero-order chi connectivity index (χ0) is 14.0. The van der Waals surface area contributed by atoms with Crippen molar-refractivity contribution >= 4 is 5.69 Å². The molecule has 1 saturated heterocycles. The van der Waals surface area contributed by atoms with Crippen LogP contribution in [-0.2, 0) is 11.3 Å². The SMILES string of the molecule is CC(C)c1ncc(N2C[C@@H](C)O[C@@H](C)C2)c(CO)n1. The number of anilines is 1. The second-order valence-electron chi connectivity index (χ2n) is 5.54. The Morgan fingerprint density at radius 2 is 2.00 bits per heavy atom. The van der Waals surface area contributed by atoms with Crippen molar-refractivity contribution in [2.75, 3.05) is 18.0 Å². The molecule has 0 amide bonds. The summed E-state index contributed by atoms with van der Waals surface area (Å²) in [5.74, 6) is 1.05. The average molecular weight is 265 g/mol. The van der Waals surface area contributed by atoms with Crippen LogP contribution in [0.4, 0.5) is 5.69 Å². The number of aliphatic hydroxyl groups is 1. The fraction of sp³-hybridized carbons (Fsp3) is 0.714. The van der Waals surface area contributed by atoms with Gasteiger partial charge in [0.1, 0.15) is 5.82 Å². The predicted octanol–water partition coefficient (Wildman–Crippen LogP) is 1.71. The summed E-state index contributed by atoms with van der Waals surface area (Å²) in [6.07, 6.45) is 2.19. The van der Waals surface area contributed by atoms with Crippen molar-refractivity contribution in [3.63, 3.8) is 0 Å². The Kier molecular flexibility index (Phi) is 4.37. The first kappa shape index (κ1) is 14.2. The van der Waals surface area contributed by atoms with Gasteiger partial charge in [-0.05, 0) is 13.8 Å². The minimum atomic E-state index is -0.0578. The summed E-state index contributed by atoms with van der Waals surface area (Å²) in [6.45, 7) is 9.78. The molecule has 2 rings (SSSR count). The summed E-state index contributed by atoms with van der Waals surface area (Å²) in [7, 11) is 0. The fourth-order valence-corrected chi connectivity index (χ4v) is 2.46. The third kappa shape index (κ3) is 3.22. The molecular weight excluding hydrogens is 242 g/mol. The van der Waals surface area contributed by atoms with Gasteiger partial charge in [0.25, 0.3) is 0 Å². The van der Waals surface area contributed by atoms with Crippen LogP contribution in [0.1, 0.15) is 45.1 Å². The van der Waals surface area contributed by atoms with Crippen LogP contribution in [0.15, 0.2) is 6.20 Å². The van der Waals surface area contributed by atoms with E-state index in [1.54, 1.807) is 0 Å². The molecule has 0 aromatic carbocycles. The topological polar surface area (TPSA) is 58.5 Å². The minimum absolute atomic E-state index is 0.0578. The number of ether oxygens (including phenoxy) is 1. The summed E-state index contributed by atoms with van der Waals surface area (Å²) in [5.41, 5.74) is 1.63. The minimum Gasteiger partial charge on any atom is -0.390 e. The monoisotopic (exact) mass is 265 g/mol. The first-order chi connectivity index (χ1) is 9.01.